The Morgan fingerprint density at radius 1 is 1.07 bits per heavy atom. The molecule has 318 valence electrons. The predicted molar refractivity (Wildman–Crippen MR) is 217 cm³/mol. The number of rotatable bonds is 11. The monoisotopic (exact) mass is 806 g/mol. The Bertz CT molecular complexity index is 1870. The number of likely N-dealkylation sites (N-methyl/N-ethyl adjacent to an activating group) is 1. The highest BCUT2D eigenvalue weighted by Gasteiger charge is 2.47. The number of allylic oxidation sites excluding steroid dienone is 3. The van der Waals surface area contributed by atoms with Crippen LogP contribution in [0, 0.1) is 23.7 Å². The lowest BCUT2D eigenvalue weighted by atomic mass is 9.79. The number of benzene rings is 1. The number of aromatic nitrogens is 4. The van der Waals surface area contributed by atoms with Crippen LogP contribution in [0.1, 0.15) is 66.0 Å². The summed E-state index contributed by atoms with van der Waals surface area (Å²) in [6.45, 7) is 9.61. The summed E-state index contributed by atoms with van der Waals surface area (Å²) >= 11 is 0. The molecule has 4 heterocycles. The van der Waals surface area contributed by atoms with Crippen LogP contribution in [0.4, 0.5) is 0 Å². The van der Waals surface area contributed by atoms with Gasteiger partial charge in [-0.05, 0) is 90.0 Å². The maximum absolute atomic E-state index is 13.7. The van der Waals surface area contributed by atoms with Crippen LogP contribution in [0.15, 0.2) is 66.5 Å². The quantitative estimate of drug-likeness (QED) is 0.140. The third kappa shape index (κ3) is 11.4. The number of nitrogens with one attached hydrogen (secondary N) is 1. The Labute approximate surface area is 341 Å². The molecule has 1 fully saturated rings. The van der Waals surface area contributed by atoms with Gasteiger partial charge in [0.2, 0.25) is 0 Å². The predicted octanol–water partition coefficient (Wildman–Crippen LogP) is 3.12. The molecule has 0 amide bonds. The van der Waals surface area contributed by atoms with Gasteiger partial charge in [-0.2, -0.15) is 0 Å². The molecule has 2 unspecified atom stereocenters. The molecular formula is C43H62N6O9. The SMILES string of the molecule is CC[C@H]1OC(=O)C[C@@H](O)[C@H](C)[C@@H](O[C@@H]2O[C@H](C)[C@@H](O)C(N(C)C)C2O)[C@@H](CCNCc2cn(-c3ccc4ncccc4c3)nn2)C[C@@H](C)C(=O)/C=C/C(C)=C/[C@@H]1CO. The number of carbonyl (C=O) groups excluding carboxylic acids is 2. The smallest absolute Gasteiger partial charge is 0.308 e. The van der Waals surface area contributed by atoms with Gasteiger partial charge in [-0.3, -0.25) is 14.6 Å². The van der Waals surface area contributed by atoms with Gasteiger partial charge in [-0.25, -0.2) is 4.68 Å². The fourth-order valence-corrected chi connectivity index (χ4v) is 8.07. The van der Waals surface area contributed by atoms with Crippen LogP contribution in [0.2, 0.25) is 0 Å². The lowest BCUT2D eigenvalue weighted by Crippen LogP contribution is -2.63. The molecule has 15 nitrogen and oxygen atoms in total. The molecule has 3 aromatic rings. The van der Waals surface area contributed by atoms with Gasteiger partial charge in [-0.1, -0.05) is 49.8 Å². The molecular weight excluding hydrogens is 745 g/mol. The first kappa shape index (κ1) is 45.2. The fraction of sp³-hybridized carbons (Fsp3) is 0.605. The van der Waals surface area contributed by atoms with E-state index in [0.717, 1.165) is 22.2 Å². The molecule has 0 radical (unpaired) electrons. The van der Waals surface area contributed by atoms with Crippen LogP contribution in [0.3, 0.4) is 0 Å². The lowest BCUT2D eigenvalue weighted by Gasteiger charge is -2.46. The number of ketones is 1. The maximum Gasteiger partial charge on any atom is 0.308 e. The van der Waals surface area contributed by atoms with Crippen LogP contribution in [0.5, 0.6) is 0 Å². The van der Waals surface area contributed by atoms with E-state index in [4.69, 9.17) is 14.2 Å². The van der Waals surface area contributed by atoms with Gasteiger partial charge in [0.05, 0.1) is 66.6 Å². The third-order valence-corrected chi connectivity index (χ3v) is 11.6. The van der Waals surface area contributed by atoms with E-state index in [-0.39, 0.29) is 24.7 Å². The standard InChI is InChI=1S/C43H62N6O9/c1-8-37-31(24-50)18-25(2)11-14-35(51)26(3)19-30(15-17-44-22-32-23-49(47-46-32)33-12-13-34-29(20-33)10-9-16-45-34)42(27(4)36(52)21-38(53)57-37)58-43-41(55)39(48(6)7)40(54)28(5)56-43/h9-14,16,18,20,23,26-28,30-31,36-37,39-44,50,52,54-55H,8,15,17,19,21-22,24H2,1-7H3/b14-11+,25-18+/t26-,27+,28-,30+,31-,36-,37-,39?,40-,41?,42-,43+/m1/s1. The van der Waals surface area contributed by atoms with Gasteiger partial charge in [-0.15, -0.1) is 5.10 Å². The number of aliphatic hydroxyl groups excluding tert-OH is 4. The summed E-state index contributed by atoms with van der Waals surface area (Å²) in [5.41, 5.74) is 3.19. The summed E-state index contributed by atoms with van der Waals surface area (Å²) in [6.07, 6.45) is 2.74. The molecule has 5 rings (SSSR count). The van der Waals surface area contributed by atoms with Gasteiger partial charge < -0.3 is 44.9 Å². The third-order valence-electron chi connectivity index (χ3n) is 11.6. The molecule has 1 aromatic carbocycles. The Balaban J connectivity index is 1.41. The topological polar surface area (TPSA) is 202 Å². The second-order valence-electron chi connectivity index (χ2n) is 16.2. The molecule has 2 aromatic heterocycles. The van der Waals surface area contributed by atoms with Crippen molar-refractivity contribution in [3.63, 3.8) is 0 Å². The van der Waals surface area contributed by atoms with Crippen LogP contribution in [-0.4, -0.2) is 133 Å². The van der Waals surface area contributed by atoms with Crippen molar-refractivity contribution in [1.29, 1.82) is 0 Å². The van der Waals surface area contributed by atoms with Gasteiger partial charge >= 0.3 is 5.97 Å². The van der Waals surface area contributed by atoms with Crippen LogP contribution in [0.25, 0.3) is 16.6 Å². The van der Waals surface area contributed by atoms with Gasteiger partial charge in [0.15, 0.2) is 12.1 Å². The highest BCUT2D eigenvalue weighted by molar-refractivity contribution is 5.91. The van der Waals surface area contributed by atoms with Gasteiger partial charge in [0.25, 0.3) is 0 Å². The zero-order chi connectivity index (χ0) is 42.1. The number of esters is 1. The normalized spacial score (nSPS) is 33.5. The van der Waals surface area contributed by atoms with E-state index in [0.29, 0.717) is 38.0 Å². The number of nitrogens with zero attached hydrogens (tertiary/aromatic N) is 5. The highest BCUT2D eigenvalue weighted by atomic mass is 16.7. The average molecular weight is 807 g/mol. The number of carbonyl (C=O) groups is 2. The lowest BCUT2D eigenvalue weighted by molar-refractivity contribution is -0.304. The summed E-state index contributed by atoms with van der Waals surface area (Å²) in [5.74, 6) is -2.79. The van der Waals surface area contributed by atoms with Crippen molar-refractivity contribution in [2.45, 2.75) is 116 Å². The number of aliphatic hydroxyl groups is 4. The van der Waals surface area contributed by atoms with Gasteiger partial charge in [0.1, 0.15) is 12.2 Å². The van der Waals surface area contributed by atoms with Crippen molar-refractivity contribution in [1.82, 2.24) is 30.2 Å². The zero-order valence-electron chi connectivity index (χ0n) is 34.7. The minimum Gasteiger partial charge on any atom is -0.462 e. The van der Waals surface area contributed by atoms with E-state index in [1.807, 2.05) is 57.3 Å². The van der Waals surface area contributed by atoms with E-state index in [1.54, 1.807) is 55.9 Å². The van der Waals surface area contributed by atoms with Gasteiger partial charge in [0, 0.05) is 35.9 Å². The van der Waals surface area contributed by atoms with E-state index < -0.39 is 72.7 Å². The van der Waals surface area contributed by atoms with E-state index in [9.17, 15) is 30.0 Å². The van der Waals surface area contributed by atoms with E-state index >= 15 is 0 Å². The van der Waals surface area contributed by atoms with Crippen molar-refractivity contribution in [3.05, 3.63) is 72.2 Å². The summed E-state index contributed by atoms with van der Waals surface area (Å²) in [5, 5.41) is 57.4. The Morgan fingerprint density at radius 2 is 1.84 bits per heavy atom. The van der Waals surface area contributed by atoms with Crippen molar-refractivity contribution < 1.29 is 44.2 Å². The maximum atomic E-state index is 13.7. The number of pyridine rings is 1. The number of fused-ring (bicyclic) bond motifs is 1. The minimum atomic E-state index is -1.26. The summed E-state index contributed by atoms with van der Waals surface area (Å²) in [4.78, 5) is 33.1. The zero-order valence-corrected chi connectivity index (χ0v) is 34.7. The molecule has 0 aliphatic carbocycles. The second kappa shape index (κ2) is 20.9. The largest absolute Gasteiger partial charge is 0.462 e. The van der Waals surface area contributed by atoms with Crippen molar-refractivity contribution in [3.8, 4) is 5.69 Å². The highest BCUT2D eigenvalue weighted by Crippen LogP contribution is 2.34. The van der Waals surface area contributed by atoms with Crippen molar-refractivity contribution in [2.24, 2.45) is 23.7 Å². The summed E-state index contributed by atoms with van der Waals surface area (Å²) in [7, 11) is 3.51. The number of hydrogen-bond donors (Lipinski definition) is 5. The van der Waals surface area contributed by atoms with Crippen LogP contribution in [-0.2, 0) is 30.3 Å². The Kier molecular flexibility index (Phi) is 16.2. The van der Waals surface area contributed by atoms with E-state index in [2.05, 4.69) is 20.6 Å². The molecule has 2 aliphatic heterocycles. The first-order valence-corrected chi connectivity index (χ1v) is 20.4. The molecule has 2 aliphatic rings. The van der Waals surface area contributed by atoms with Crippen LogP contribution >= 0.6 is 0 Å². The molecule has 15 heteroatoms. The molecule has 0 bridgehead atoms. The van der Waals surface area contributed by atoms with E-state index in [1.165, 1.54) is 6.08 Å². The molecule has 58 heavy (non-hydrogen) atoms. The van der Waals surface area contributed by atoms with Crippen LogP contribution < -0.4 is 5.32 Å². The minimum absolute atomic E-state index is 0.108. The summed E-state index contributed by atoms with van der Waals surface area (Å²) in [6, 6.07) is 9.04. The number of hydrogen-bond acceptors (Lipinski definition) is 14. The molecule has 12 atom stereocenters. The second-order valence-corrected chi connectivity index (χ2v) is 16.2. The average Bonchev–Trinajstić information content (AvgIpc) is 3.68. The van der Waals surface area contributed by atoms with Crippen molar-refractivity contribution in [2.75, 3.05) is 27.2 Å². The Morgan fingerprint density at radius 3 is 2.57 bits per heavy atom. The summed E-state index contributed by atoms with van der Waals surface area (Å²) < 4.78 is 20.3. The molecule has 1 saturated heterocycles. The molecule has 0 spiro atoms. The fourth-order valence-electron chi connectivity index (χ4n) is 8.07. The first-order chi connectivity index (χ1) is 27.7. The first-order valence-electron chi connectivity index (χ1n) is 20.4. The molecule has 5 N–H and O–H groups in total. The Hall–Kier alpha value is -3.93. The number of ether oxygens (including phenoxy) is 3. The van der Waals surface area contributed by atoms with Crippen molar-refractivity contribution >= 4 is 22.7 Å². The molecule has 0 saturated carbocycles. The number of cyclic esters (lactones) is 1.